The molecule has 20 heavy (non-hydrogen) atoms. The Morgan fingerprint density at radius 3 is 2.55 bits per heavy atom. The molecule has 1 aliphatic heterocycles. The minimum Gasteiger partial charge on any atom is -0.465 e. The van der Waals surface area contributed by atoms with Crippen LogP contribution in [-0.2, 0) is 4.74 Å². The van der Waals surface area contributed by atoms with Gasteiger partial charge >= 0.3 is 6.09 Å². The first kappa shape index (κ1) is 14.4. The Hall–Kier alpha value is -2.06. The summed E-state index contributed by atoms with van der Waals surface area (Å²) in [6.07, 6.45) is 3.45. The van der Waals surface area contributed by atoms with E-state index in [9.17, 15) is 14.3 Å². The van der Waals surface area contributed by atoms with E-state index in [-0.39, 0.29) is 0 Å². The lowest BCUT2D eigenvalue weighted by atomic mass is 10.0. The fraction of sp³-hybridized carbons (Fsp3) is 0.400. The third-order valence-corrected chi connectivity index (χ3v) is 3.45. The molecule has 0 saturated carbocycles. The van der Waals surface area contributed by atoms with E-state index in [4.69, 9.17) is 11.2 Å². The predicted octanol–water partition coefficient (Wildman–Crippen LogP) is 2.79. The highest BCUT2D eigenvalue weighted by molar-refractivity contribution is 5.67. The number of carboxylic acid groups (broad SMARTS) is 1. The zero-order chi connectivity index (χ0) is 14.9. The van der Waals surface area contributed by atoms with Gasteiger partial charge in [0.05, 0.1) is 6.04 Å². The molecular formula is C15H16FNO3. The molecule has 1 fully saturated rings. The Morgan fingerprint density at radius 1 is 1.50 bits per heavy atom. The molecule has 1 aromatic carbocycles. The lowest BCUT2D eigenvalue weighted by Crippen LogP contribution is -2.48. The molecule has 1 amide bonds. The minimum atomic E-state index is -1.19. The van der Waals surface area contributed by atoms with E-state index in [1.807, 2.05) is 0 Å². The van der Waals surface area contributed by atoms with Gasteiger partial charge in [-0.1, -0.05) is 18.1 Å². The molecule has 1 N–H and O–H groups in total. The van der Waals surface area contributed by atoms with Crippen LogP contribution in [-0.4, -0.2) is 34.5 Å². The van der Waals surface area contributed by atoms with Crippen molar-refractivity contribution in [2.45, 2.75) is 31.7 Å². The molecule has 0 spiro atoms. The molecule has 2 rings (SSSR count). The Bertz CT molecular complexity index is 547. The van der Waals surface area contributed by atoms with Gasteiger partial charge in [-0.25, -0.2) is 9.18 Å². The first-order chi connectivity index (χ1) is 9.40. The Labute approximate surface area is 117 Å². The number of halogens is 1. The van der Waals surface area contributed by atoms with Crippen molar-refractivity contribution in [3.05, 3.63) is 35.4 Å². The molecule has 1 heterocycles. The van der Waals surface area contributed by atoms with Crippen molar-refractivity contribution in [3.8, 4) is 12.3 Å². The van der Waals surface area contributed by atoms with Gasteiger partial charge in [0, 0.05) is 5.56 Å². The molecule has 0 bridgehead atoms. The molecule has 0 aliphatic carbocycles. The predicted molar refractivity (Wildman–Crippen MR) is 71.9 cm³/mol. The smallest absolute Gasteiger partial charge is 0.410 e. The SMILES string of the molecule is C#Cc1ccc([C@H]2OC(C)(C)N(C(=O)O)[C@@H]2CF)cc1. The highest BCUT2D eigenvalue weighted by Gasteiger charge is 2.50. The quantitative estimate of drug-likeness (QED) is 0.846. The molecular weight excluding hydrogens is 261 g/mol. The Kier molecular flexibility index (Phi) is 3.69. The Morgan fingerprint density at radius 2 is 2.10 bits per heavy atom. The average molecular weight is 277 g/mol. The second-order valence-corrected chi connectivity index (χ2v) is 5.13. The van der Waals surface area contributed by atoms with Crippen molar-refractivity contribution < 1.29 is 19.0 Å². The number of ether oxygens (including phenoxy) is 1. The van der Waals surface area contributed by atoms with Crippen LogP contribution >= 0.6 is 0 Å². The lowest BCUT2D eigenvalue weighted by Gasteiger charge is -2.29. The second kappa shape index (κ2) is 5.14. The van der Waals surface area contributed by atoms with Crippen LogP contribution in [0.5, 0.6) is 0 Å². The maximum Gasteiger partial charge on any atom is 0.410 e. The summed E-state index contributed by atoms with van der Waals surface area (Å²) in [5.74, 6) is 2.49. The lowest BCUT2D eigenvalue weighted by molar-refractivity contribution is -0.0674. The first-order valence-electron chi connectivity index (χ1n) is 6.23. The van der Waals surface area contributed by atoms with Gasteiger partial charge in [-0.2, -0.15) is 0 Å². The zero-order valence-electron chi connectivity index (χ0n) is 11.3. The van der Waals surface area contributed by atoms with Crippen molar-refractivity contribution in [3.63, 3.8) is 0 Å². The van der Waals surface area contributed by atoms with Gasteiger partial charge in [-0.15, -0.1) is 6.42 Å². The number of rotatable bonds is 2. The summed E-state index contributed by atoms with van der Waals surface area (Å²) < 4.78 is 19.1. The van der Waals surface area contributed by atoms with Gasteiger partial charge < -0.3 is 9.84 Å². The van der Waals surface area contributed by atoms with E-state index in [1.165, 1.54) is 0 Å². The van der Waals surface area contributed by atoms with Gasteiger partial charge in [-0.05, 0) is 31.5 Å². The first-order valence-corrected chi connectivity index (χ1v) is 6.23. The van der Waals surface area contributed by atoms with Crippen molar-refractivity contribution in [1.82, 2.24) is 4.90 Å². The summed E-state index contributed by atoms with van der Waals surface area (Å²) in [4.78, 5) is 12.3. The minimum absolute atomic E-state index is 0.641. The summed E-state index contributed by atoms with van der Waals surface area (Å²) in [5.41, 5.74) is 0.347. The van der Waals surface area contributed by atoms with Gasteiger partial charge in [0.25, 0.3) is 0 Å². The van der Waals surface area contributed by atoms with E-state index < -0.39 is 30.6 Å². The number of hydrogen-bond acceptors (Lipinski definition) is 2. The van der Waals surface area contributed by atoms with Crippen molar-refractivity contribution in [2.75, 3.05) is 6.67 Å². The third-order valence-electron chi connectivity index (χ3n) is 3.45. The largest absolute Gasteiger partial charge is 0.465 e. The van der Waals surface area contributed by atoms with Gasteiger partial charge in [0.2, 0.25) is 0 Å². The van der Waals surface area contributed by atoms with Gasteiger partial charge in [0.1, 0.15) is 18.5 Å². The molecule has 1 aliphatic rings. The van der Waals surface area contributed by atoms with Crippen molar-refractivity contribution >= 4 is 6.09 Å². The standard InChI is InChI=1S/C15H16FNO3/c1-4-10-5-7-11(8-6-10)13-12(9-16)17(14(18)19)15(2,3)20-13/h1,5-8,12-13H,9H2,2-3H3,(H,18,19)/t12-,13-/m1/s1. The number of benzene rings is 1. The molecule has 0 radical (unpaired) electrons. The van der Waals surface area contributed by atoms with Crippen LogP contribution in [0, 0.1) is 12.3 Å². The summed E-state index contributed by atoms with van der Waals surface area (Å²) in [5, 5.41) is 9.25. The second-order valence-electron chi connectivity index (χ2n) is 5.13. The van der Waals surface area contributed by atoms with Gasteiger partial charge in [-0.3, -0.25) is 4.90 Å². The van der Waals surface area contributed by atoms with Crippen molar-refractivity contribution in [1.29, 1.82) is 0 Å². The molecule has 0 aromatic heterocycles. The van der Waals surface area contributed by atoms with E-state index in [0.29, 0.717) is 11.1 Å². The molecule has 106 valence electrons. The molecule has 1 aromatic rings. The van der Waals surface area contributed by atoms with E-state index >= 15 is 0 Å². The van der Waals surface area contributed by atoms with E-state index in [2.05, 4.69) is 5.92 Å². The number of amides is 1. The highest BCUT2D eigenvalue weighted by atomic mass is 19.1. The summed E-state index contributed by atoms with van der Waals surface area (Å²) in [6.45, 7) is 2.41. The molecule has 1 saturated heterocycles. The van der Waals surface area contributed by atoms with Crippen LogP contribution in [0.3, 0.4) is 0 Å². The monoisotopic (exact) mass is 277 g/mol. The molecule has 5 heteroatoms. The number of terminal acetylenes is 1. The zero-order valence-corrected chi connectivity index (χ0v) is 11.3. The summed E-state index contributed by atoms with van der Waals surface area (Å²) >= 11 is 0. The fourth-order valence-electron chi connectivity index (χ4n) is 2.56. The van der Waals surface area contributed by atoms with Crippen molar-refractivity contribution in [2.24, 2.45) is 0 Å². The highest BCUT2D eigenvalue weighted by Crippen LogP contribution is 2.41. The topological polar surface area (TPSA) is 49.8 Å². The van der Waals surface area contributed by atoms with Crippen LogP contribution in [0.2, 0.25) is 0 Å². The number of carbonyl (C=O) groups is 1. The van der Waals surface area contributed by atoms with Gasteiger partial charge in [0.15, 0.2) is 0 Å². The number of alkyl halides is 1. The molecule has 4 nitrogen and oxygen atoms in total. The van der Waals surface area contributed by atoms with E-state index in [1.54, 1.807) is 38.1 Å². The van der Waals surface area contributed by atoms with Crippen LogP contribution in [0.4, 0.5) is 9.18 Å². The summed E-state index contributed by atoms with van der Waals surface area (Å²) in [7, 11) is 0. The number of hydrogen-bond donors (Lipinski definition) is 1. The third kappa shape index (κ3) is 2.35. The summed E-state index contributed by atoms with van der Waals surface area (Å²) in [6, 6.07) is 6.07. The Balaban J connectivity index is 2.36. The fourth-order valence-corrected chi connectivity index (χ4v) is 2.56. The van der Waals surface area contributed by atoms with Crippen LogP contribution in [0.15, 0.2) is 24.3 Å². The molecule has 0 unspecified atom stereocenters. The number of nitrogens with zero attached hydrogens (tertiary/aromatic N) is 1. The maximum atomic E-state index is 13.3. The normalized spacial score (nSPS) is 24.4. The van der Waals surface area contributed by atoms with Crippen LogP contribution in [0.1, 0.15) is 31.1 Å². The van der Waals surface area contributed by atoms with E-state index in [0.717, 1.165) is 4.90 Å². The average Bonchev–Trinajstić information content (AvgIpc) is 2.69. The van der Waals surface area contributed by atoms with Crippen LogP contribution < -0.4 is 0 Å². The van der Waals surface area contributed by atoms with Crippen LogP contribution in [0.25, 0.3) is 0 Å². The maximum absolute atomic E-state index is 13.3. The molecule has 2 atom stereocenters.